The zero-order valence-electron chi connectivity index (χ0n) is 18.8. The van der Waals surface area contributed by atoms with Crippen LogP contribution in [0.3, 0.4) is 0 Å². The molecule has 0 atom stereocenters. The number of aryl methyl sites for hydroxylation is 1. The van der Waals surface area contributed by atoms with Crippen LogP contribution in [0.5, 0.6) is 17.2 Å². The number of hydrogen-bond donors (Lipinski definition) is 0. The Bertz CT molecular complexity index is 1200. The molecule has 0 bridgehead atoms. The summed E-state index contributed by atoms with van der Waals surface area (Å²) in [7, 11) is 0. The second kappa shape index (κ2) is 9.04. The highest BCUT2D eigenvalue weighted by molar-refractivity contribution is 5.89. The van der Waals surface area contributed by atoms with E-state index in [1.807, 2.05) is 13.0 Å². The van der Waals surface area contributed by atoms with Crippen LogP contribution in [0.4, 0.5) is 0 Å². The molecule has 7 heteroatoms. The van der Waals surface area contributed by atoms with Crippen LogP contribution >= 0.6 is 0 Å². The lowest BCUT2D eigenvalue weighted by Gasteiger charge is -2.32. The van der Waals surface area contributed by atoms with Gasteiger partial charge in [-0.15, -0.1) is 0 Å². The van der Waals surface area contributed by atoms with Crippen molar-refractivity contribution in [2.24, 2.45) is 0 Å². The van der Waals surface area contributed by atoms with Gasteiger partial charge in [0.25, 0.3) is 0 Å². The predicted octanol–water partition coefficient (Wildman–Crippen LogP) is 5.02. The van der Waals surface area contributed by atoms with E-state index in [0.29, 0.717) is 54.0 Å². The lowest BCUT2D eigenvalue weighted by atomic mass is 10.1. The van der Waals surface area contributed by atoms with Gasteiger partial charge in [0.05, 0.1) is 23.1 Å². The molecule has 1 aliphatic heterocycles. The van der Waals surface area contributed by atoms with E-state index in [1.165, 1.54) is 0 Å². The number of hydrogen-bond acceptors (Lipinski definition) is 7. The molecule has 3 aromatic rings. The summed E-state index contributed by atoms with van der Waals surface area (Å²) in [4.78, 5) is 27.4. The van der Waals surface area contributed by atoms with Crippen LogP contribution in [0.25, 0.3) is 11.0 Å². The third kappa shape index (κ3) is 4.21. The molecule has 0 amide bonds. The number of fused-ring (bicyclic) bond motifs is 3. The number of carbonyl (C=O) groups excluding carboxylic acids is 1. The van der Waals surface area contributed by atoms with Gasteiger partial charge in [-0.05, 0) is 63.6 Å². The van der Waals surface area contributed by atoms with Crippen molar-refractivity contribution in [2.75, 3.05) is 13.3 Å². The van der Waals surface area contributed by atoms with Crippen LogP contribution in [-0.2, 0) is 11.3 Å². The molecule has 0 N–H and O–H groups in total. The van der Waals surface area contributed by atoms with E-state index in [0.717, 1.165) is 17.7 Å². The maximum absolute atomic E-state index is 13.2. The van der Waals surface area contributed by atoms with Crippen LogP contribution in [0.15, 0.2) is 45.6 Å². The quantitative estimate of drug-likeness (QED) is 0.501. The summed E-state index contributed by atoms with van der Waals surface area (Å²) >= 11 is 0. The summed E-state index contributed by atoms with van der Waals surface area (Å²) in [5.41, 5.74) is 1.56. The van der Waals surface area contributed by atoms with Crippen molar-refractivity contribution in [3.8, 4) is 17.2 Å². The van der Waals surface area contributed by atoms with Crippen molar-refractivity contribution >= 4 is 16.9 Å². The van der Waals surface area contributed by atoms with Crippen molar-refractivity contribution in [2.45, 2.75) is 46.7 Å². The van der Waals surface area contributed by atoms with Gasteiger partial charge in [-0.1, -0.05) is 6.92 Å². The summed E-state index contributed by atoms with van der Waals surface area (Å²) < 4.78 is 22.9. The lowest BCUT2D eigenvalue weighted by molar-refractivity contribution is 0.0505. The van der Waals surface area contributed by atoms with Crippen molar-refractivity contribution in [3.05, 3.63) is 63.5 Å². The first-order valence-electron chi connectivity index (χ1n) is 10.8. The van der Waals surface area contributed by atoms with Crippen molar-refractivity contribution in [1.29, 1.82) is 0 Å². The zero-order valence-corrected chi connectivity index (χ0v) is 18.8. The number of rotatable bonds is 6. The molecule has 2 heterocycles. The Labute approximate surface area is 186 Å². The van der Waals surface area contributed by atoms with Gasteiger partial charge in [-0.25, -0.2) is 4.79 Å². The van der Waals surface area contributed by atoms with Gasteiger partial charge in [-0.2, -0.15) is 0 Å². The molecular weight excluding hydrogens is 410 g/mol. The first-order valence-corrected chi connectivity index (χ1v) is 10.8. The van der Waals surface area contributed by atoms with E-state index >= 15 is 0 Å². The molecule has 0 spiro atoms. The van der Waals surface area contributed by atoms with Crippen LogP contribution < -0.4 is 14.9 Å². The molecule has 7 nitrogen and oxygen atoms in total. The van der Waals surface area contributed by atoms with Gasteiger partial charge in [0.1, 0.15) is 29.6 Å². The first kappa shape index (κ1) is 21.9. The minimum atomic E-state index is -0.387. The zero-order chi connectivity index (χ0) is 22.8. The molecule has 1 aliphatic rings. The molecule has 0 fully saturated rings. The van der Waals surface area contributed by atoms with E-state index in [1.54, 1.807) is 37.3 Å². The average Bonchev–Trinajstić information content (AvgIpc) is 2.80. The molecule has 32 heavy (non-hydrogen) atoms. The molecule has 0 radical (unpaired) electrons. The van der Waals surface area contributed by atoms with E-state index in [-0.39, 0.29) is 17.1 Å². The van der Waals surface area contributed by atoms with Crippen molar-refractivity contribution < 1.29 is 23.4 Å². The molecule has 0 saturated heterocycles. The fourth-order valence-corrected chi connectivity index (χ4v) is 3.58. The number of benzene rings is 2. The number of nitrogens with zero attached hydrogens (tertiary/aromatic N) is 1. The monoisotopic (exact) mass is 437 g/mol. The predicted molar refractivity (Wildman–Crippen MR) is 120 cm³/mol. The topological polar surface area (TPSA) is 78.2 Å². The highest BCUT2D eigenvalue weighted by Gasteiger charge is 2.25. The fraction of sp³-hybridized carbons (Fsp3) is 0.360. The Kier molecular flexibility index (Phi) is 6.19. The van der Waals surface area contributed by atoms with Crippen molar-refractivity contribution in [1.82, 2.24) is 4.90 Å². The summed E-state index contributed by atoms with van der Waals surface area (Å²) in [6.07, 6.45) is 0.759. The second-order valence-electron chi connectivity index (χ2n) is 8.11. The number of ether oxygens (including phenoxy) is 3. The molecule has 0 saturated carbocycles. The highest BCUT2D eigenvalue weighted by atomic mass is 16.5. The highest BCUT2D eigenvalue weighted by Crippen LogP contribution is 2.34. The van der Waals surface area contributed by atoms with Crippen molar-refractivity contribution in [3.63, 3.8) is 0 Å². The second-order valence-corrected chi connectivity index (χ2v) is 8.11. The van der Waals surface area contributed by atoms with Gasteiger partial charge in [-0.3, -0.25) is 9.69 Å². The molecule has 2 aromatic carbocycles. The number of carbonyl (C=O) groups is 1. The Morgan fingerprint density at radius 2 is 1.91 bits per heavy atom. The molecule has 1 aromatic heterocycles. The SMILES string of the molecule is CCCOC(=O)c1ccc(Oc2c(C)oc3c4c(ccc3c2=O)OCN(C(C)C)C4)cc1. The third-order valence-corrected chi connectivity index (χ3v) is 5.47. The third-order valence-electron chi connectivity index (χ3n) is 5.47. The average molecular weight is 437 g/mol. The molecule has 168 valence electrons. The van der Waals surface area contributed by atoms with Crippen LogP contribution in [0.1, 0.15) is 48.9 Å². The minimum absolute atomic E-state index is 0.121. The lowest BCUT2D eigenvalue weighted by Crippen LogP contribution is -2.37. The van der Waals surface area contributed by atoms with E-state index < -0.39 is 0 Å². The summed E-state index contributed by atoms with van der Waals surface area (Å²) in [6.45, 7) is 9.35. The standard InChI is InChI=1S/C25H27NO6/c1-5-12-29-25(28)17-6-8-18(9-7-17)32-23-16(4)31-24-19(22(23)27)10-11-21-20(24)13-26(14-30-21)15(2)3/h6-11,15H,5,12-14H2,1-4H3. The van der Waals surface area contributed by atoms with Gasteiger partial charge in [0, 0.05) is 12.6 Å². The van der Waals surface area contributed by atoms with E-state index in [9.17, 15) is 9.59 Å². The van der Waals surface area contributed by atoms with E-state index in [2.05, 4.69) is 18.7 Å². The smallest absolute Gasteiger partial charge is 0.338 e. The fourth-order valence-electron chi connectivity index (χ4n) is 3.58. The van der Waals surface area contributed by atoms with Crippen LogP contribution in [0.2, 0.25) is 0 Å². The molecule has 0 unspecified atom stereocenters. The largest absolute Gasteiger partial charge is 0.478 e. The van der Waals surface area contributed by atoms with Crippen LogP contribution in [0, 0.1) is 6.92 Å². The Morgan fingerprint density at radius 3 is 2.59 bits per heavy atom. The van der Waals surface area contributed by atoms with Crippen LogP contribution in [-0.4, -0.2) is 30.2 Å². The Hall–Kier alpha value is -3.32. The Balaban J connectivity index is 1.65. The summed E-state index contributed by atoms with van der Waals surface area (Å²) in [5, 5.41) is 0.443. The van der Waals surface area contributed by atoms with Gasteiger partial charge in [0.2, 0.25) is 11.2 Å². The normalized spacial score (nSPS) is 13.7. The van der Waals surface area contributed by atoms with E-state index in [4.69, 9.17) is 18.6 Å². The molecule has 4 rings (SSSR count). The van der Waals surface area contributed by atoms with Gasteiger partial charge < -0.3 is 18.6 Å². The molecule has 0 aliphatic carbocycles. The van der Waals surface area contributed by atoms with Gasteiger partial charge in [0.15, 0.2) is 0 Å². The summed E-state index contributed by atoms with van der Waals surface area (Å²) in [5.74, 6) is 1.28. The first-order chi connectivity index (χ1) is 15.4. The maximum atomic E-state index is 13.2. The molecular formula is C25H27NO6. The maximum Gasteiger partial charge on any atom is 0.338 e. The Morgan fingerprint density at radius 1 is 1.16 bits per heavy atom. The number of esters is 1. The minimum Gasteiger partial charge on any atom is -0.478 e. The van der Waals surface area contributed by atoms with Gasteiger partial charge >= 0.3 is 5.97 Å². The summed E-state index contributed by atoms with van der Waals surface area (Å²) in [6, 6.07) is 10.3.